The third-order valence-corrected chi connectivity index (χ3v) is 4.79. The molecule has 0 spiro atoms. The van der Waals surface area contributed by atoms with Gasteiger partial charge in [-0.3, -0.25) is 0 Å². The van der Waals surface area contributed by atoms with Crippen LogP contribution in [0, 0.1) is 6.92 Å². The van der Waals surface area contributed by atoms with Crippen molar-refractivity contribution in [1.29, 1.82) is 0 Å². The van der Waals surface area contributed by atoms with Crippen molar-refractivity contribution in [3.63, 3.8) is 0 Å². The van der Waals surface area contributed by atoms with Crippen LogP contribution in [0.5, 0.6) is 0 Å². The van der Waals surface area contributed by atoms with Gasteiger partial charge >= 0.3 is 0 Å². The van der Waals surface area contributed by atoms with Crippen LogP contribution in [0.4, 0.5) is 0 Å². The molecule has 0 radical (unpaired) electrons. The van der Waals surface area contributed by atoms with E-state index in [0.717, 1.165) is 30.5 Å². The maximum absolute atomic E-state index is 6.37. The first-order chi connectivity index (χ1) is 10.6. The van der Waals surface area contributed by atoms with Crippen LogP contribution in [-0.2, 0) is 0 Å². The Bertz CT molecular complexity index is 795. The largest absolute Gasteiger partial charge is 0.325 e. The standard InChI is InChI=1S/C17H19ClN4/c1-10-2-3-15-12(6-10)13-7-11(18)8-21-17(13)22(15)16-4-5-20-9-14(16)19/h2-3,6-8,14,16,20H,4-5,9,19H2,1H3/t14-,16-/m0/s1. The second kappa shape index (κ2) is 5.23. The molecule has 1 aliphatic heterocycles. The molecule has 1 aliphatic rings. The number of rotatable bonds is 1. The Morgan fingerprint density at radius 1 is 1.32 bits per heavy atom. The highest BCUT2D eigenvalue weighted by Crippen LogP contribution is 2.34. The minimum absolute atomic E-state index is 0.0892. The fraction of sp³-hybridized carbons (Fsp3) is 0.353. The molecule has 4 rings (SSSR count). The van der Waals surface area contributed by atoms with Crippen molar-refractivity contribution in [2.45, 2.75) is 25.4 Å². The number of benzene rings is 1. The summed E-state index contributed by atoms with van der Waals surface area (Å²) in [5.41, 5.74) is 9.78. The highest BCUT2D eigenvalue weighted by atomic mass is 35.5. The minimum atomic E-state index is 0.0892. The van der Waals surface area contributed by atoms with Gasteiger partial charge in [0.2, 0.25) is 0 Å². The molecule has 0 aliphatic carbocycles. The van der Waals surface area contributed by atoms with E-state index in [9.17, 15) is 0 Å². The summed E-state index contributed by atoms with van der Waals surface area (Å²) in [6.45, 7) is 3.93. The van der Waals surface area contributed by atoms with Crippen LogP contribution in [0.3, 0.4) is 0 Å². The summed E-state index contributed by atoms with van der Waals surface area (Å²) >= 11 is 6.18. The van der Waals surface area contributed by atoms with Crippen LogP contribution >= 0.6 is 11.6 Å². The third-order valence-electron chi connectivity index (χ3n) is 4.59. The number of nitrogens with zero attached hydrogens (tertiary/aromatic N) is 2. The topological polar surface area (TPSA) is 55.9 Å². The van der Waals surface area contributed by atoms with Gasteiger partial charge in [0, 0.05) is 29.6 Å². The highest BCUT2D eigenvalue weighted by Gasteiger charge is 2.27. The first-order valence-electron chi connectivity index (χ1n) is 7.67. The predicted octanol–water partition coefficient (Wildman–Crippen LogP) is 3.01. The van der Waals surface area contributed by atoms with E-state index < -0.39 is 0 Å². The van der Waals surface area contributed by atoms with E-state index in [-0.39, 0.29) is 12.1 Å². The Labute approximate surface area is 134 Å². The van der Waals surface area contributed by atoms with E-state index >= 15 is 0 Å². The number of aryl methyl sites for hydroxylation is 1. The maximum atomic E-state index is 6.37. The number of aromatic nitrogens is 2. The van der Waals surface area contributed by atoms with E-state index in [2.05, 4.69) is 40.0 Å². The Morgan fingerprint density at radius 2 is 2.18 bits per heavy atom. The molecule has 0 bridgehead atoms. The van der Waals surface area contributed by atoms with E-state index in [1.807, 2.05) is 6.07 Å². The molecule has 22 heavy (non-hydrogen) atoms. The molecule has 1 aromatic carbocycles. The van der Waals surface area contributed by atoms with Gasteiger partial charge in [0.1, 0.15) is 5.65 Å². The molecule has 3 aromatic rings. The number of pyridine rings is 1. The number of nitrogens with two attached hydrogens (primary N) is 1. The average molecular weight is 315 g/mol. The number of hydrogen-bond acceptors (Lipinski definition) is 3. The van der Waals surface area contributed by atoms with Crippen LogP contribution in [0.1, 0.15) is 18.0 Å². The molecule has 4 nitrogen and oxygen atoms in total. The fourth-order valence-corrected chi connectivity index (χ4v) is 3.69. The summed E-state index contributed by atoms with van der Waals surface area (Å²) in [6.07, 6.45) is 2.73. The van der Waals surface area contributed by atoms with Crippen LogP contribution in [-0.4, -0.2) is 28.7 Å². The van der Waals surface area contributed by atoms with Gasteiger partial charge < -0.3 is 15.6 Å². The normalized spacial score (nSPS) is 22.5. The molecule has 0 amide bonds. The lowest BCUT2D eigenvalue weighted by atomic mass is 10.0. The molecule has 3 N–H and O–H groups in total. The van der Waals surface area contributed by atoms with Gasteiger partial charge in [-0.25, -0.2) is 4.98 Å². The first kappa shape index (κ1) is 14.0. The summed E-state index contributed by atoms with van der Waals surface area (Å²) in [7, 11) is 0. The Balaban J connectivity index is 2.06. The van der Waals surface area contributed by atoms with Crippen LogP contribution in [0.2, 0.25) is 5.02 Å². The van der Waals surface area contributed by atoms with Crippen molar-refractivity contribution in [3.05, 3.63) is 41.0 Å². The summed E-state index contributed by atoms with van der Waals surface area (Å²) in [5, 5.41) is 6.34. The molecule has 2 aromatic heterocycles. The zero-order chi connectivity index (χ0) is 15.3. The molecule has 1 saturated heterocycles. The lowest BCUT2D eigenvalue weighted by molar-refractivity contribution is 0.333. The summed E-state index contributed by atoms with van der Waals surface area (Å²) in [5.74, 6) is 0. The van der Waals surface area contributed by atoms with Gasteiger partial charge in [-0.05, 0) is 38.1 Å². The Hall–Kier alpha value is -1.62. The molecule has 1 fully saturated rings. The van der Waals surface area contributed by atoms with Gasteiger partial charge in [-0.2, -0.15) is 0 Å². The molecule has 0 saturated carbocycles. The van der Waals surface area contributed by atoms with Crippen molar-refractivity contribution in [1.82, 2.24) is 14.9 Å². The van der Waals surface area contributed by atoms with E-state index in [1.54, 1.807) is 6.20 Å². The average Bonchev–Trinajstić information content (AvgIpc) is 2.81. The van der Waals surface area contributed by atoms with Crippen LogP contribution < -0.4 is 11.1 Å². The summed E-state index contributed by atoms with van der Waals surface area (Å²) < 4.78 is 2.31. The van der Waals surface area contributed by atoms with Crippen LogP contribution in [0.25, 0.3) is 21.9 Å². The second-order valence-corrected chi connectivity index (χ2v) is 6.58. The SMILES string of the molecule is Cc1ccc2c(c1)c1cc(Cl)cnc1n2[C@H]1CCNC[C@@H]1N. The Kier molecular flexibility index (Phi) is 3.33. The lowest BCUT2D eigenvalue weighted by Gasteiger charge is -2.31. The van der Waals surface area contributed by atoms with E-state index in [4.69, 9.17) is 17.3 Å². The number of hydrogen-bond donors (Lipinski definition) is 2. The zero-order valence-corrected chi connectivity index (χ0v) is 13.3. The van der Waals surface area contributed by atoms with Crippen LogP contribution in [0.15, 0.2) is 30.5 Å². The monoisotopic (exact) mass is 314 g/mol. The zero-order valence-electron chi connectivity index (χ0n) is 12.5. The number of piperidine rings is 1. The molecular weight excluding hydrogens is 296 g/mol. The number of halogens is 1. The van der Waals surface area contributed by atoms with Crippen molar-refractivity contribution >= 4 is 33.5 Å². The predicted molar refractivity (Wildman–Crippen MR) is 91.5 cm³/mol. The lowest BCUT2D eigenvalue weighted by Crippen LogP contribution is -2.46. The number of nitrogens with one attached hydrogen (secondary N) is 1. The summed E-state index contributed by atoms with van der Waals surface area (Å²) in [4.78, 5) is 4.61. The third kappa shape index (κ3) is 2.10. The fourth-order valence-electron chi connectivity index (χ4n) is 3.54. The first-order valence-corrected chi connectivity index (χ1v) is 8.05. The molecular formula is C17H19ClN4. The molecule has 3 heterocycles. The van der Waals surface area contributed by atoms with Gasteiger partial charge in [0.05, 0.1) is 16.6 Å². The van der Waals surface area contributed by atoms with E-state index in [1.165, 1.54) is 16.5 Å². The molecule has 2 atom stereocenters. The van der Waals surface area contributed by atoms with E-state index in [0.29, 0.717) is 5.02 Å². The van der Waals surface area contributed by atoms with Gasteiger partial charge in [0.15, 0.2) is 0 Å². The molecule has 114 valence electrons. The molecule has 0 unspecified atom stereocenters. The molecule has 5 heteroatoms. The van der Waals surface area contributed by atoms with Gasteiger partial charge in [0.25, 0.3) is 0 Å². The highest BCUT2D eigenvalue weighted by molar-refractivity contribution is 6.31. The minimum Gasteiger partial charge on any atom is -0.325 e. The Morgan fingerprint density at radius 3 is 3.00 bits per heavy atom. The smallest absolute Gasteiger partial charge is 0.141 e. The van der Waals surface area contributed by atoms with Crippen molar-refractivity contribution in [2.75, 3.05) is 13.1 Å². The van der Waals surface area contributed by atoms with Gasteiger partial charge in [-0.15, -0.1) is 0 Å². The van der Waals surface area contributed by atoms with Gasteiger partial charge in [-0.1, -0.05) is 23.2 Å². The van der Waals surface area contributed by atoms with Crippen molar-refractivity contribution in [2.24, 2.45) is 5.73 Å². The van der Waals surface area contributed by atoms with Crippen molar-refractivity contribution in [3.8, 4) is 0 Å². The summed E-state index contributed by atoms with van der Waals surface area (Å²) in [6, 6.07) is 8.89. The second-order valence-electron chi connectivity index (χ2n) is 6.14. The number of fused-ring (bicyclic) bond motifs is 3. The maximum Gasteiger partial charge on any atom is 0.141 e. The quantitative estimate of drug-likeness (QED) is 0.726. The van der Waals surface area contributed by atoms with Crippen molar-refractivity contribution < 1.29 is 0 Å².